The summed E-state index contributed by atoms with van der Waals surface area (Å²) in [7, 11) is 0. The number of nitrogens with two attached hydrogens (primary N) is 1. The van der Waals surface area contributed by atoms with Crippen molar-refractivity contribution in [2.24, 2.45) is 5.73 Å². The summed E-state index contributed by atoms with van der Waals surface area (Å²) >= 11 is 0. The Kier molecular flexibility index (Phi) is 4.35. The minimum absolute atomic E-state index is 0. The lowest BCUT2D eigenvalue weighted by atomic mass is 10.2. The second-order valence-electron chi connectivity index (χ2n) is 1.98. The van der Waals surface area contributed by atoms with Gasteiger partial charge in [0.15, 0.2) is 0 Å². The molecule has 60 valence electrons. The lowest BCUT2D eigenvalue weighted by Gasteiger charge is -2.00. The van der Waals surface area contributed by atoms with Crippen LogP contribution in [0.5, 0.6) is 0 Å². The number of hydrogen-bond acceptors (Lipinski definition) is 3. The summed E-state index contributed by atoms with van der Waals surface area (Å²) in [4.78, 5) is 0. The standard InChI is InChI=1S/C7H8N2O.ClH/c8-4-3-6(9)7-2-1-5-10-7;/h1-2,5-6H,3,9H2;1H/t6-;/m0./s1. The topological polar surface area (TPSA) is 63.0 Å². The Labute approximate surface area is 71.2 Å². The van der Waals surface area contributed by atoms with Gasteiger partial charge in [0.25, 0.3) is 0 Å². The Morgan fingerprint density at radius 2 is 2.45 bits per heavy atom. The van der Waals surface area contributed by atoms with Gasteiger partial charge < -0.3 is 10.2 Å². The van der Waals surface area contributed by atoms with Crippen molar-refractivity contribution >= 4 is 12.4 Å². The summed E-state index contributed by atoms with van der Waals surface area (Å²) in [6, 6.07) is 5.22. The van der Waals surface area contributed by atoms with Gasteiger partial charge in [-0.1, -0.05) is 0 Å². The molecule has 0 amide bonds. The van der Waals surface area contributed by atoms with E-state index in [1.54, 1.807) is 18.4 Å². The predicted octanol–water partition coefficient (Wildman–Crippen LogP) is 1.61. The fourth-order valence-corrected chi connectivity index (χ4v) is 0.701. The van der Waals surface area contributed by atoms with E-state index in [4.69, 9.17) is 15.4 Å². The number of nitrogens with zero attached hydrogens (tertiary/aromatic N) is 1. The van der Waals surface area contributed by atoms with E-state index in [0.717, 1.165) is 0 Å². The van der Waals surface area contributed by atoms with Crippen LogP contribution in [0.15, 0.2) is 22.8 Å². The molecule has 0 saturated carbocycles. The lowest BCUT2D eigenvalue weighted by molar-refractivity contribution is 0.469. The highest BCUT2D eigenvalue weighted by Crippen LogP contribution is 2.12. The van der Waals surface area contributed by atoms with E-state index in [1.165, 1.54) is 0 Å². The summed E-state index contributed by atoms with van der Waals surface area (Å²) in [5.41, 5.74) is 5.53. The normalized spacial score (nSPS) is 11.3. The van der Waals surface area contributed by atoms with E-state index in [2.05, 4.69) is 0 Å². The molecule has 1 aromatic heterocycles. The summed E-state index contributed by atoms with van der Waals surface area (Å²) in [5.74, 6) is 0.668. The molecule has 0 fully saturated rings. The molecule has 1 aromatic rings. The van der Waals surface area contributed by atoms with Crippen LogP contribution in [0, 0.1) is 11.3 Å². The zero-order valence-electron chi connectivity index (χ0n) is 5.86. The Bertz CT molecular complexity index is 227. The molecule has 0 bridgehead atoms. The number of hydrogen-bond donors (Lipinski definition) is 1. The van der Waals surface area contributed by atoms with Gasteiger partial charge in [-0.2, -0.15) is 5.26 Å². The third-order valence-corrected chi connectivity index (χ3v) is 1.22. The monoisotopic (exact) mass is 172 g/mol. The lowest BCUT2D eigenvalue weighted by Crippen LogP contribution is -2.07. The van der Waals surface area contributed by atoms with Gasteiger partial charge in [0.05, 0.1) is 24.8 Å². The average molecular weight is 173 g/mol. The van der Waals surface area contributed by atoms with Crippen molar-refractivity contribution in [3.8, 4) is 6.07 Å². The molecular formula is C7H9ClN2O. The van der Waals surface area contributed by atoms with Gasteiger partial charge in [0, 0.05) is 0 Å². The van der Waals surface area contributed by atoms with Gasteiger partial charge in [-0.25, -0.2) is 0 Å². The number of rotatable bonds is 2. The van der Waals surface area contributed by atoms with E-state index < -0.39 is 0 Å². The zero-order chi connectivity index (χ0) is 7.40. The first-order valence-corrected chi connectivity index (χ1v) is 3.00. The maximum atomic E-state index is 8.26. The first kappa shape index (κ1) is 10.0. The summed E-state index contributed by atoms with van der Waals surface area (Å²) < 4.78 is 4.97. The van der Waals surface area contributed by atoms with Crippen molar-refractivity contribution in [2.45, 2.75) is 12.5 Å². The van der Waals surface area contributed by atoms with Crippen LogP contribution in [-0.2, 0) is 0 Å². The third-order valence-electron chi connectivity index (χ3n) is 1.22. The number of nitriles is 1. The molecule has 4 heteroatoms. The van der Waals surface area contributed by atoms with Gasteiger partial charge in [0.1, 0.15) is 5.76 Å². The quantitative estimate of drug-likeness (QED) is 0.737. The molecule has 0 aliphatic heterocycles. The molecule has 3 nitrogen and oxygen atoms in total. The van der Waals surface area contributed by atoms with Crippen molar-refractivity contribution in [1.29, 1.82) is 5.26 Å². The van der Waals surface area contributed by atoms with E-state index in [9.17, 15) is 0 Å². The first-order chi connectivity index (χ1) is 4.84. The number of furan rings is 1. The molecule has 0 unspecified atom stereocenters. The highest BCUT2D eigenvalue weighted by Gasteiger charge is 2.06. The molecule has 0 saturated heterocycles. The predicted molar refractivity (Wildman–Crippen MR) is 43.1 cm³/mol. The van der Waals surface area contributed by atoms with E-state index >= 15 is 0 Å². The summed E-state index contributed by atoms with van der Waals surface area (Å²) in [5, 5.41) is 8.26. The van der Waals surface area contributed by atoms with Crippen LogP contribution in [0.3, 0.4) is 0 Å². The van der Waals surface area contributed by atoms with E-state index in [0.29, 0.717) is 12.2 Å². The SMILES string of the molecule is Cl.N#CC[C@H](N)c1ccco1. The van der Waals surface area contributed by atoms with E-state index in [-0.39, 0.29) is 18.4 Å². The number of halogens is 1. The Morgan fingerprint density at radius 3 is 2.91 bits per heavy atom. The van der Waals surface area contributed by atoms with Gasteiger partial charge in [-0.3, -0.25) is 0 Å². The van der Waals surface area contributed by atoms with Crippen molar-refractivity contribution in [3.05, 3.63) is 24.2 Å². The Hall–Kier alpha value is -0.980. The van der Waals surface area contributed by atoms with Gasteiger partial charge in [-0.05, 0) is 12.1 Å². The first-order valence-electron chi connectivity index (χ1n) is 3.00. The molecule has 11 heavy (non-hydrogen) atoms. The van der Waals surface area contributed by atoms with Crippen molar-refractivity contribution in [1.82, 2.24) is 0 Å². The van der Waals surface area contributed by atoms with Crippen LogP contribution in [0.25, 0.3) is 0 Å². The molecule has 1 rings (SSSR count). The van der Waals surface area contributed by atoms with E-state index in [1.807, 2.05) is 6.07 Å². The van der Waals surface area contributed by atoms with Gasteiger partial charge in [-0.15, -0.1) is 12.4 Å². The highest BCUT2D eigenvalue weighted by atomic mass is 35.5. The smallest absolute Gasteiger partial charge is 0.121 e. The fourth-order valence-electron chi connectivity index (χ4n) is 0.701. The van der Waals surface area contributed by atoms with Crippen LogP contribution in [0.1, 0.15) is 18.2 Å². The molecule has 1 atom stereocenters. The van der Waals surface area contributed by atoms with Gasteiger partial charge in [0.2, 0.25) is 0 Å². The molecule has 0 spiro atoms. The molecule has 1 heterocycles. The van der Waals surface area contributed by atoms with Crippen molar-refractivity contribution < 1.29 is 4.42 Å². The Morgan fingerprint density at radius 1 is 1.73 bits per heavy atom. The molecule has 0 aliphatic carbocycles. The molecule has 0 aliphatic rings. The average Bonchev–Trinajstić information content (AvgIpc) is 2.38. The minimum atomic E-state index is -0.278. The van der Waals surface area contributed by atoms with Gasteiger partial charge >= 0.3 is 0 Å². The minimum Gasteiger partial charge on any atom is -0.468 e. The van der Waals surface area contributed by atoms with Crippen LogP contribution >= 0.6 is 12.4 Å². The largest absolute Gasteiger partial charge is 0.468 e. The molecule has 0 radical (unpaired) electrons. The van der Waals surface area contributed by atoms with Crippen LogP contribution in [-0.4, -0.2) is 0 Å². The second kappa shape index (κ2) is 4.78. The fraction of sp³-hybridized carbons (Fsp3) is 0.286. The Balaban J connectivity index is 0.000001000. The van der Waals surface area contributed by atoms with Crippen molar-refractivity contribution in [3.63, 3.8) is 0 Å². The maximum absolute atomic E-state index is 8.26. The highest BCUT2D eigenvalue weighted by molar-refractivity contribution is 5.85. The molecular weight excluding hydrogens is 164 g/mol. The van der Waals surface area contributed by atoms with Crippen LogP contribution < -0.4 is 5.73 Å². The van der Waals surface area contributed by atoms with Crippen molar-refractivity contribution in [2.75, 3.05) is 0 Å². The summed E-state index contributed by atoms with van der Waals surface area (Å²) in [6.45, 7) is 0. The summed E-state index contributed by atoms with van der Waals surface area (Å²) in [6.07, 6.45) is 1.85. The third kappa shape index (κ3) is 2.62. The molecule has 2 N–H and O–H groups in total. The second-order valence-corrected chi connectivity index (χ2v) is 1.98. The van der Waals surface area contributed by atoms with Crippen LogP contribution in [0.4, 0.5) is 0 Å². The zero-order valence-corrected chi connectivity index (χ0v) is 6.67. The molecule has 0 aromatic carbocycles. The van der Waals surface area contributed by atoms with Crippen LogP contribution in [0.2, 0.25) is 0 Å². The maximum Gasteiger partial charge on any atom is 0.121 e.